The quantitative estimate of drug-likeness (QED) is 0.280. The molecule has 0 aliphatic heterocycles. The number of nitrogens with zero attached hydrogens (tertiary/aromatic N) is 4. The Morgan fingerprint density at radius 2 is 2.27 bits per heavy atom. The van der Waals surface area contributed by atoms with Crippen LogP contribution in [0, 0.1) is 6.92 Å². The average molecular weight is 383 g/mol. The van der Waals surface area contributed by atoms with E-state index < -0.39 is 6.67 Å². The van der Waals surface area contributed by atoms with E-state index in [0.29, 0.717) is 23.2 Å². The summed E-state index contributed by atoms with van der Waals surface area (Å²) in [6.07, 6.45) is 8.16. The van der Waals surface area contributed by atoms with Crippen molar-refractivity contribution in [3.05, 3.63) is 35.6 Å². The van der Waals surface area contributed by atoms with Gasteiger partial charge in [0.1, 0.15) is 19.0 Å². The highest BCUT2D eigenvalue weighted by atomic mass is 35.5. The third-order valence-electron chi connectivity index (χ3n) is 3.23. The third-order valence-corrected chi connectivity index (χ3v) is 3.41. The number of alkyl halides is 2. The molecule has 0 aromatic carbocycles. The number of aromatic nitrogens is 2. The summed E-state index contributed by atoms with van der Waals surface area (Å²) in [6, 6.07) is 0. The van der Waals surface area contributed by atoms with Crippen LogP contribution in [0.15, 0.2) is 35.0 Å². The Kier molecular flexibility index (Phi) is 9.93. The van der Waals surface area contributed by atoms with Crippen LogP contribution < -0.4 is 15.5 Å². The molecule has 1 heterocycles. The van der Waals surface area contributed by atoms with E-state index in [1.165, 1.54) is 6.34 Å². The number of rotatable bonds is 10. The summed E-state index contributed by atoms with van der Waals surface area (Å²) >= 11 is 5.50. The minimum atomic E-state index is -0.639. The molecule has 0 saturated heterocycles. The summed E-state index contributed by atoms with van der Waals surface area (Å²) in [5.41, 5.74) is 1.34. The number of hydrogen-bond acceptors (Lipinski definition) is 5. The van der Waals surface area contributed by atoms with Crippen molar-refractivity contribution >= 4 is 35.6 Å². The van der Waals surface area contributed by atoms with Gasteiger partial charge in [0.2, 0.25) is 11.9 Å². The van der Waals surface area contributed by atoms with Crippen molar-refractivity contribution in [3.8, 4) is 0 Å². The molecular formula is C17H24ClFN6O. The molecule has 2 N–H and O–H groups in total. The van der Waals surface area contributed by atoms with E-state index in [0.717, 1.165) is 5.56 Å². The number of aryl methyl sites for hydroxylation is 1. The maximum atomic E-state index is 12.8. The molecule has 1 aromatic heterocycles. The van der Waals surface area contributed by atoms with Crippen molar-refractivity contribution < 1.29 is 9.18 Å². The smallest absolute Gasteiger partial charge is 0.241 e. The molecule has 0 fully saturated rings. The highest BCUT2D eigenvalue weighted by molar-refractivity contribution is 6.18. The first kappa shape index (κ1) is 21.6. The SMILES string of the molecule is CNc1ncc(C)c(N(C)/C=N\CC(=O)NC/C(=C/C=C\CCl)CF)n1. The van der Waals surface area contributed by atoms with Crippen LogP contribution in [0.4, 0.5) is 16.2 Å². The third kappa shape index (κ3) is 7.60. The number of hydrogen-bond donors (Lipinski definition) is 2. The van der Waals surface area contributed by atoms with Crippen LogP contribution in [-0.2, 0) is 4.79 Å². The summed E-state index contributed by atoms with van der Waals surface area (Å²) in [4.78, 5) is 26.1. The van der Waals surface area contributed by atoms with Crippen molar-refractivity contribution in [3.63, 3.8) is 0 Å². The molecule has 9 heteroatoms. The van der Waals surface area contributed by atoms with E-state index in [2.05, 4.69) is 25.6 Å². The van der Waals surface area contributed by atoms with Crippen LogP contribution in [-0.4, -0.2) is 62.0 Å². The first-order chi connectivity index (χ1) is 12.5. The number of anilines is 2. The lowest BCUT2D eigenvalue weighted by molar-refractivity contribution is -0.119. The number of aliphatic imine (C=N–C) groups is 1. The van der Waals surface area contributed by atoms with Crippen LogP contribution in [0.25, 0.3) is 0 Å². The molecule has 0 unspecified atom stereocenters. The Bertz CT molecular complexity index is 677. The lowest BCUT2D eigenvalue weighted by Crippen LogP contribution is -2.28. The van der Waals surface area contributed by atoms with Gasteiger partial charge < -0.3 is 15.5 Å². The van der Waals surface area contributed by atoms with Gasteiger partial charge in [-0.2, -0.15) is 4.98 Å². The van der Waals surface area contributed by atoms with E-state index in [4.69, 9.17) is 11.6 Å². The minimum absolute atomic E-state index is 0.0650. The van der Waals surface area contributed by atoms with E-state index in [-0.39, 0.29) is 19.0 Å². The summed E-state index contributed by atoms with van der Waals surface area (Å²) in [5, 5.41) is 5.49. The Morgan fingerprint density at radius 3 is 2.92 bits per heavy atom. The van der Waals surface area contributed by atoms with Crippen LogP contribution in [0.1, 0.15) is 5.56 Å². The summed E-state index contributed by atoms with van der Waals surface area (Å²) in [6.45, 7) is 1.31. The van der Waals surface area contributed by atoms with Gasteiger partial charge in [-0.3, -0.25) is 9.79 Å². The predicted molar refractivity (Wildman–Crippen MR) is 105 cm³/mol. The molecule has 0 aliphatic rings. The molecule has 0 bridgehead atoms. The zero-order valence-electron chi connectivity index (χ0n) is 15.2. The highest BCUT2D eigenvalue weighted by Crippen LogP contribution is 2.15. The fraction of sp³-hybridized carbons (Fsp3) is 0.412. The molecule has 0 aliphatic carbocycles. The number of halogens is 2. The minimum Gasteiger partial charge on any atom is -0.357 e. The van der Waals surface area contributed by atoms with Crippen molar-refractivity contribution in [2.45, 2.75) is 6.92 Å². The molecule has 26 heavy (non-hydrogen) atoms. The van der Waals surface area contributed by atoms with E-state index >= 15 is 0 Å². The molecule has 1 amide bonds. The zero-order chi connectivity index (χ0) is 19.4. The fourth-order valence-corrected chi connectivity index (χ4v) is 1.99. The molecule has 0 atom stereocenters. The van der Waals surface area contributed by atoms with Crippen LogP contribution in [0.3, 0.4) is 0 Å². The molecule has 1 aromatic rings. The van der Waals surface area contributed by atoms with Crippen molar-refractivity contribution in [1.82, 2.24) is 15.3 Å². The van der Waals surface area contributed by atoms with Gasteiger partial charge in [-0.25, -0.2) is 9.37 Å². The van der Waals surface area contributed by atoms with Crippen molar-refractivity contribution in [2.24, 2.45) is 4.99 Å². The van der Waals surface area contributed by atoms with Crippen LogP contribution in [0.2, 0.25) is 0 Å². The molecule has 142 valence electrons. The standard InChI is InChI=1S/C17H24ClFN6O/c1-13-9-23-17(20-2)24-16(13)25(3)12-21-11-15(26)22-10-14(8-19)6-4-5-7-18/h4-6,9,12H,7-8,10-11H2,1-3H3,(H,22,26)(H,20,23,24)/b5-4-,14-6+,21-12-. The Balaban J connectivity index is 2.53. The average Bonchev–Trinajstić information content (AvgIpc) is 2.64. The number of carbonyl (C=O) groups is 1. The molecule has 0 spiro atoms. The second-order valence-electron chi connectivity index (χ2n) is 5.34. The molecule has 7 nitrogen and oxygen atoms in total. The molecule has 0 saturated carbocycles. The molecule has 1 rings (SSSR count). The van der Waals surface area contributed by atoms with Crippen LogP contribution >= 0.6 is 11.6 Å². The summed E-state index contributed by atoms with van der Waals surface area (Å²) < 4.78 is 12.8. The first-order valence-corrected chi connectivity index (χ1v) is 8.52. The van der Waals surface area contributed by atoms with E-state index in [9.17, 15) is 9.18 Å². The maximum Gasteiger partial charge on any atom is 0.241 e. The lowest BCUT2D eigenvalue weighted by Gasteiger charge is -2.15. The van der Waals surface area contributed by atoms with Crippen LogP contribution in [0.5, 0.6) is 0 Å². The lowest BCUT2D eigenvalue weighted by atomic mass is 10.2. The zero-order valence-corrected chi connectivity index (χ0v) is 15.9. The Morgan fingerprint density at radius 1 is 1.50 bits per heavy atom. The number of allylic oxidation sites excluding steroid dienone is 3. The monoisotopic (exact) mass is 382 g/mol. The van der Waals surface area contributed by atoms with E-state index in [1.807, 2.05) is 6.92 Å². The molecular weight excluding hydrogens is 359 g/mol. The largest absolute Gasteiger partial charge is 0.357 e. The fourth-order valence-electron chi connectivity index (χ4n) is 1.89. The van der Waals surface area contributed by atoms with Gasteiger partial charge in [0.15, 0.2) is 0 Å². The normalized spacial score (nSPS) is 12.0. The number of nitrogens with one attached hydrogen (secondary N) is 2. The van der Waals surface area contributed by atoms with Gasteiger partial charge in [-0.1, -0.05) is 18.2 Å². The highest BCUT2D eigenvalue weighted by Gasteiger charge is 2.07. The number of carbonyl (C=O) groups excluding carboxylic acids is 1. The predicted octanol–water partition coefficient (Wildman–Crippen LogP) is 2.10. The van der Waals surface area contributed by atoms with Gasteiger partial charge in [0, 0.05) is 38.3 Å². The van der Waals surface area contributed by atoms with Gasteiger partial charge in [-0.05, 0) is 12.5 Å². The summed E-state index contributed by atoms with van der Waals surface area (Å²) in [5.74, 6) is 1.23. The second-order valence-corrected chi connectivity index (χ2v) is 5.64. The Labute approximate surface area is 158 Å². The number of amides is 1. The van der Waals surface area contributed by atoms with Crippen molar-refractivity contribution in [2.75, 3.05) is 50.0 Å². The summed E-state index contributed by atoms with van der Waals surface area (Å²) in [7, 11) is 3.52. The van der Waals surface area contributed by atoms with Gasteiger partial charge >= 0.3 is 0 Å². The second kappa shape index (κ2) is 12.0. The van der Waals surface area contributed by atoms with Gasteiger partial charge in [0.25, 0.3) is 0 Å². The topological polar surface area (TPSA) is 82.5 Å². The Hall–Kier alpha value is -2.48. The first-order valence-electron chi connectivity index (χ1n) is 7.99. The van der Waals surface area contributed by atoms with Gasteiger partial charge in [-0.15, -0.1) is 11.6 Å². The maximum absolute atomic E-state index is 12.8. The van der Waals surface area contributed by atoms with E-state index in [1.54, 1.807) is 43.4 Å². The molecule has 0 radical (unpaired) electrons. The van der Waals surface area contributed by atoms with Crippen molar-refractivity contribution in [1.29, 1.82) is 0 Å². The van der Waals surface area contributed by atoms with Gasteiger partial charge in [0.05, 0.1) is 6.34 Å².